The molecule has 0 radical (unpaired) electrons. The Hall–Kier alpha value is -2.13. The van der Waals surface area contributed by atoms with E-state index in [2.05, 4.69) is 4.74 Å². The smallest absolute Gasteiger partial charge is 0.387 e. The van der Waals surface area contributed by atoms with Crippen molar-refractivity contribution in [2.24, 2.45) is 0 Å². The quantitative estimate of drug-likeness (QED) is 0.356. The summed E-state index contributed by atoms with van der Waals surface area (Å²) in [5.41, 5.74) is 1.79. The van der Waals surface area contributed by atoms with Gasteiger partial charge in [0.25, 0.3) is 5.56 Å². The van der Waals surface area contributed by atoms with Crippen molar-refractivity contribution in [3.8, 4) is 11.5 Å². The lowest BCUT2D eigenvalue weighted by molar-refractivity contribution is -0.0512. The van der Waals surface area contributed by atoms with Crippen LogP contribution in [0.1, 0.15) is 35.9 Å². The molecule has 3 aromatic rings. The van der Waals surface area contributed by atoms with Gasteiger partial charge in [0.05, 0.1) is 12.5 Å². The largest absolute Gasteiger partial charge is 0.493 e. The summed E-state index contributed by atoms with van der Waals surface area (Å²) in [6.07, 6.45) is 0. The summed E-state index contributed by atoms with van der Waals surface area (Å²) >= 11 is 2.94. The molecule has 0 N–H and O–H groups in total. The number of rotatable bonds is 7. The molecule has 0 atom stereocenters. The Kier molecular flexibility index (Phi) is 6.48. The number of nitrogens with zero attached hydrogens (tertiary/aromatic N) is 2. The highest BCUT2D eigenvalue weighted by molar-refractivity contribution is 7.98. The maximum atomic E-state index is 13.1. The number of benzene rings is 1. The summed E-state index contributed by atoms with van der Waals surface area (Å²) < 4.78 is 36.3. The number of methoxy groups -OCH3 is 1. The number of thiophene rings is 1. The molecule has 0 aliphatic rings. The summed E-state index contributed by atoms with van der Waals surface area (Å²) in [5.74, 6) is 0.719. The van der Waals surface area contributed by atoms with Crippen LogP contribution in [0.25, 0.3) is 10.2 Å². The molecule has 0 amide bonds. The van der Waals surface area contributed by atoms with E-state index in [-0.39, 0.29) is 23.1 Å². The molecule has 5 nitrogen and oxygen atoms in total. The molecule has 29 heavy (non-hydrogen) atoms. The molecule has 0 spiro atoms. The molecule has 0 aliphatic carbocycles. The minimum atomic E-state index is -2.92. The normalized spacial score (nSPS) is 11.6. The van der Waals surface area contributed by atoms with Gasteiger partial charge in [-0.25, -0.2) is 4.98 Å². The lowest BCUT2D eigenvalue weighted by Crippen LogP contribution is -2.24. The van der Waals surface area contributed by atoms with E-state index in [0.29, 0.717) is 16.3 Å². The topological polar surface area (TPSA) is 53.3 Å². The second-order valence-corrected chi connectivity index (χ2v) is 8.92. The average Bonchev–Trinajstić information content (AvgIpc) is 2.94. The second kappa shape index (κ2) is 8.71. The molecule has 0 aliphatic heterocycles. The first kappa shape index (κ1) is 21.6. The zero-order valence-corrected chi connectivity index (χ0v) is 18.4. The molecule has 0 bridgehead atoms. The van der Waals surface area contributed by atoms with E-state index >= 15 is 0 Å². The van der Waals surface area contributed by atoms with Gasteiger partial charge in [-0.3, -0.25) is 9.36 Å². The zero-order chi connectivity index (χ0) is 21.3. The Bertz CT molecular complexity index is 1090. The van der Waals surface area contributed by atoms with Crippen molar-refractivity contribution in [3.63, 3.8) is 0 Å². The highest BCUT2D eigenvalue weighted by Gasteiger charge is 2.19. The van der Waals surface area contributed by atoms with Gasteiger partial charge in [-0.1, -0.05) is 17.8 Å². The van der Waals surface area contributed by atoms with Gasteiger partial charge < -0.3 is 9.47 Å². The van der Waals surface area contributed by atoms with Gasteiger partial charge in [0.15, 0.2) is 16.7 Å². The van der Waals surface area contributed by atoms with Crippen LogP contribution in [0.2, 0.25) is 0 Å². The average molecular weight is 441 g/mol. The van der Waals surface area contributed by atoms with Crippen LogP contribution in [0, 0.1) is 13.8 Å². The van der Waals surface area contributed by atoms with E-state index in [9.17, 15) is 13.6 Å². The van der Waals surface area contributed by atoms with Crippen LogP contribution in [0.4, 0.5) is 8.78 Å². The number of hydrogen-bond acceptors (Lipinski definition) is 6. The Balaban J connectivity index is 1.94. The van der Waals surface area contributed by atoms with E-state index in [1.807, 2.05) is 27.7 Å². The van der Waals surface area contributed by atoms with Gasteiger partial charge in [-0.2, -0.15) is 8.78 Å². The van der Waals surface area contributed by atoms with Gasteiger partial charge in [0.1, 0.15) is 4.83 Å². The fourth-order valence-electron chi connectivity index (χ4n) is 2.99. The van der Waals surface area contributed by atoms with Crippen molar-refractivity contribution >= 4 is 33.3 Å². The van der Waals surface area contributed by atoms with Crippen LogP contribution in [0.3, 0.4) is 0 Å². The number of halogens is 2. The highest BCUT2D eigenvalue weighted by atomic mass is 32.2. The predicted molar refractivity (Wildman–Crippen MR) is 113 cm³/mol. The summed E-state index contributed by atoms with van der Waals surface area (Å²) in [4.78, 5) is 19.7. The number of aryl methyl sites for hydroxylation is 2. The molecule has 156 valence electrons. The highest BCUT2D eigenvalue weighted by Crippen LogP contribution is 2.33. The SMILES string of the molecule is COc1cc(CSc2nc3sc(C)c(C)c3c(=O)n2C(C)C)ccc1OC(F)F. The molecule has 0 saturated heterocycles. The number of hydrogen-bond donors (Lipinski definition) is 0. The molecule has 2 aromatic heterocycles. The third-order valence-electron chi connectivity index (χ3n) is 4.53. The first-order chi connectivity index (χ1) is 13.7. The number of aromatic nitrogens is 2. The van der Waals surface area contributed by atoms with Crippen LogP contribution in [-0.4, -0.2) is 23.3 Å². The van der Waals surface area contributed by atoms with Crippen LogP contribution < -0.4 is 15.0 Å². The first-order valence-electron chi connectivity index (χ1n) is 8.99. The van der Waals surface area contributed by atoms with E-state index in [1.54, 1.807) is 16.7 Å². The van der Waals surface area contributed by atoms with Gasteiger partial charge in [-0.15, -0.1) is 11.3 Å². The van der Waals surface area contributed by atoms with Crippen LogP contribution in [-0.2, 0) is 5.75 Å². The molecular formula is C20H22F2N2O3S2. The summed E-state index contributed by atoms with van der Waals surface area (Å²) in [6, 6.07) is 4.76. The molecule has 0 unspecified atom stereocenters. The number of alkyl halides is 2. The fourth-order valence-corrected chi connectivity index (χ4v) is 5.13. The van der Waals surface area contributed by atoms with Crippen LogP contribution >= 0.6 is 23.1 Å². The Morgan fingerprint density at radius 2 is 1.97 bits per heavy atom. The van der Waals surface area contributed by atoms with Crippen LogP contribution in [0.5, 0.6) is 11.5 Å². The Morgan fingerprint density at radius 1 is 1.24 bits per heavy atom. The third kappa shape index (κ3) is 4.40. The molecule has 0 fully saturated rings. The Labute approximate surface area is 175 Å². The van der Waals surface area contributed by atoms with E-state index < -0.39 is 6.61 Å². The molecule has 2 heterocycles. The van der Waals surface area contributed by atoms with Crippen molar-refractivity contribution in [2.45, 2.75) is 51.3 Å². The molecule has 3 rings (SSSR count). The third-order valence-corrected chi connectivity index (χ3v) is 6.66. The predicted octanol–water partition coefficient (Wildman–Crippen LogP) is 5.56. The summed E-state index contributed by atoms with van der Waals surface area (Å²) in [7, 11) is 1.40. The fraction of sp³-hybridized carbons (Fsp3) is 0.400. The van der Waals surface area contributed by atoms with Gasteiger partial charge in [0, 0.05) is 16.7 Å². The molecular weight excluding hydrogens is 418 g/mol. The number of thioether (sulfide) groups is 1. The van der Waals surface area contributed by atoms with Crippen molar-refractivity contribution in [3.05, 3.63) is 44.6 Å². The minimum absolute atomic E-state index is 0.0144. The molecule has 9 heteroatoms. The van der Waals surface area contributed by atoms with E-state index in [0.717, 1.165) is 20.8 Å². The second-order valence-electron chi connectivity index (χ2n) is 6.78. The lowest BCUT2D eigenvalue weighted by Gasteiger charge is -2.16. The van der Waals surface area contributed by atoms with Crippen molar-refractivity contribution in [1.82, 2.24) is 9.55 Å². The van der Waals surface area contributed by atoms with E-state index in [4.69, 9.17) is 9.72 Å². The van der Waals surface area contributed by atoms with E-state index in [1.165, 1.54) is 36.3 Å². The summed E-state index contributed by atoms with van der Waals surface area (Å²) in [5, 5.41) is 1.31. The maximum Gasteiger partial charge on any atom is 0.387 e. The molecule has 0 saturated carbocycles. The number of fused-ring (bicyclic) bond motifs is 1. The van der Waals surface area contributed by atoms with Crippen molar-refractivity contribution < 1.29 is 18.3 Å². The van der Waals surface area contributed by atoms with Crippen molar-refractivity contribution in [1.29, 1.82) is 0 Å². The molecule has 1 aromatic carbocycles. The summed E-state index contributed by atoms with van der Waals surface area (Å²) in [6.45, 7) is 4.92. The lowest BCUT2D eigenvalue weighted by atomic mass is 10.2. The van der Waals surface area contributed by atoms with Crippen LogP contribution in [0.15, 0.2) is 28.2 Å². The van der Waals surface area contributed by atoms with Crippen molar-refractivity contribution in [2.75, 3.05) is 7.11 Å². The monoisotopic (exact) mass is 440 g/mol. The van der Waals surface area contributed by atoms with Gasteiger partial charge in [0.2, 0.25) is 0 Å². The Morgan fingerprint density at radius 3 is 2.59 bits per heavy atom. The minimum Gasteiger partial charge on any atom is -0.493 e. The zero-order valence-electron chi connectivity index (χ0n) is 16.8. The first-order valence-corrected chi connectivity index (χ1v) is 10.8. The standard InChI is InChI=1S/C20H22F2N2O3S2/c1-10(2)24-18(25)16-11(3)12(4)29-17(16)23-20(24)28-9-13-6-7-14(27-19(21)22)15(8-13)26-5/h6-8,10,19H,9H2,1-5H3. The number of ether oxygens (including phenoxy) is 2. The maximum absolute atomic E-state index is 13.1. The van der Waals surface area contributed by atoms with Gasteiger partial charge >= 0.3 is 6.61 Å². The van der Waals surface area contributed by atoms with Gasteiger partial charge in [-0.05, 0) is 51.0 Å².